The molecule has 0 saturated carbocycles. The molecule has 0 aliphatic rings. The Morgan fingerprint density at radius 1 is 1.14 bits per heavy atom. The first-order valence-electron chi connectivity index (χ1n) is 6.32. The highest BCUT2D eigenvalue weighted by molar-refractivity contribution is 7.92. The number of carbonyl (C=O) groups excluding carboxylic acids is 1. The topological polar surface area (TPSA) is 88.4 Å². The third-order valence-electron chi connectivity index (χ3n) is 2.65. The second-order valence-corrected chi connectivity index (χ2v) is 6.33. The molecule has 21 heavy (non-hydrogen) atoms. The van der Waals surface area contributed by atoms with Crippen LogP contribution in [0.1, 0.15) is 12.2 Å². The summed E-state index contributed by atoms with van der Waals surface area (Å²) in [5, 5.41) is 2.74. The van der Waals surface area contributed by atoms with E-state index >= 15 is 0 Å². The van der Waals surface area contributed by atoms with Crippen LogP contribution in [0.3, 0.4) is 0 Å². The van der Waals surface area contributed by atoms with E-state index in [1.165, 1.54) is 0 Å². The lowest BCUT2D eigenvalue weighted by molar-refractivity contribution is -0.116. The first kappa shape index (κ1) is 15.1. The zero-order valence-corrected chi connectivity index (χ0v) is 12.3. The zero-order chi connectivity index (χ0) is 15.3. The Kier molecular flexibility index (Phi) is 4.64. The molecular weight excluding hydrogens is 292 g/mol. The standard InChI is InChI=1S/C14H16N2O4S/c1-21(18,19)16-12-6-4-11(5-7-12)15-14(17)9-8-13-3-2-10-20-13/h2-7,10,16H,8-9H2,1H3,(H,15,17). The lowest BCUT2D eigenvalue weighted by Crippen LogP contribution is -2.12. The molecule has 7 heteroatoms. The van der Waals surface area contributed by atoms with Crippen molar-refractivity contribution in [2.45, 2.75) is 12.8 Å². The largest absolute Gasteiger partial charge is 0.469 e. The average Bonchev–Trinajstić information content (AvgIpc) is 2.90. The quantitative estimate of drug-likeness (QED) is 0.856. The number of carbonyl (C=O) groups is 1. The maximum absolute atomic E-state index is 11.8. The fraction of sp³-hybridized carbons (Fsp3) is 0.214. The summed E-state index contributed by atoms with van der Waals surface area (Å²) in [5.41, 5.74) is 1.06. The van der Waals surface area contributed by atoms with Gasteiger partial charge in [-0.05, 0) is 36.4 Å². The van der Waals surface area contributed by atoms with Crippen LogP contribution < -0.4 is 10.0 Å². The predicted molar refractivity (Wildman–Crippen MR) is 80.6 cm³/mol. The Labute approximate surface area is 123 Å². The lowest BCUT2D eigenvalue weighted by Gasteiger charge is -2.07. The van der Waals surface area contributed by atoms with Crippen LogP contribution >= 0.6 is 0 Å². The number of hydrogen-bond donors (Lipinski definition) is 2. The summed E-state index contributed by atoms with van der Waals surface area (Å²) < 4.78 is 29.6. The van der Waals surface area contributed by atoms with Crippen LogP contribution in [0, 0.1) is 0 Å². The molecule has 0 aliphatic heterocycles. The molecule has 0 radical (unpaired) electrons. The molecule has 0 saturated heterocycles. The van der Waals surface area contributed by atoms with Crippen molar-refractivity contribution in [3.8, 4) is 0 Å². The molecule has 0 bridgehead atoms. The summed E-state index contributed by atoms with van der Waals surface area (Å²) >= 11 is 0. The summed E-state index contributed by atoms with van der Waals surface area (Å²) in [6.45, 7) is 0. The highest BCUT2D eigenvalue weighted by Gasteiger charge is 2.06. The van der Waals surface area contributed by atoms with E-state index in [1.807, 2.05) is 6.07 Å². The minimum absolute atomic E-state index is 0.129. The van der Waals surface area contributed by atoms with Crippen LogP contribution in [0.4, 0.5) is 11.4 Å². The molecule has 0 aliphatic carbocycles. The first-order chi connectivity index (χ1) is 9.92. The van der Waals surface area contributed by atoms with E-state index in [0.717, 1.165) is 12.0 Å². The van der Waals surface area contributed by atoms with Crippen LogP contribution in [0.15, 0.2) is 47.1 Å². The summed E-state index contributed by atoms with van der Waals surface area (Å²) in [5.74, 6) is 0.632. The van der Waals surface area contributed by atoms with E-state index in [-0.39, 0.29) is 5.91 Å². The third-order valence-corrected chi connectivity index (χ3v) is 3.26. The number of anilines is 2. The van der Waals surface area contributed by atoms with Crippen molar-refractivity contribution in [3.05, 3.63) is 48.4 Å². The Balaban J connectivity index is 1.86. The van der Waals surface area contributed by atoms with Crippen molar-refractivity contribution < 1.29 is 17.6 Å². The molecule has 0 unspecified atom stereocenters. The Bertz CT molecular complexity index is 691. The fourth-order valence-electron chi connectivity index (χ4n) is 1.75. The number of benzene rings is 1. The summed E-state index contributed by atoms with van der Waals surface area (Å²) in [7, 11) is -3.29. The molecular formula is C14H16N2O4S. The van der Waals surface area contributed by atoms with Gasteiger partial charge in [0.05, 0.1) is 12.5 Å². The van der Waals surface area contributed by atoms with Gasteiger partial charge in [-0.25, -0.2) is 8.42 Å². The average molecular weight is 308 g/mol. The smallest absolute Gasteiger partial charge is 0.229 e. The number of sulfonamides is 1. The van der Waals surface area contributed by atoms with E-state index in [1.54, 1.807) is 36.6 Å². The van der Waals surface area contributed by atoms with E-state index < -0.39 is 10.0 Å². The van der Waals surface area contributed by atoms with Crippen molar-refractivity contribution in [2.75, 3.05) is 16.3 Å². The normalized spacial score (nSPS) is 11.1. The predicted octanol–water partition coefficient (Wildman–Crippen LogP) is 2.22. The van der Waals surface area contributed by atoms with Crippen LogP contribution in [-0.2, 0) is 21.2 Å². The molecule has 2 aromatic rings. The highest BCUT2D eigenvalue weighted by Crippen LogP contribution is 2.15. The Morgan fingerprint density at radius 3 is 2.38 bits per heavy atom. The fourth-order valence-corrected chi connectivity index (χ4v) is 2.31. The van der Waals surface area contributed by atoms with Gasteiger partial charge in [0, 0.05) is 24.2 Å². The van der Waals surface area contributed by atoms with Gasteiger partial charge >= 0.3 is 0 Å². The van der Waals surface area contributed by atoms with E-state index in [9.17, 15) is 13.2 Å². The van der Waals surface area contributed by atoms with E-state index in [0.29, 0.717) is 24.2 Å². The van der Waals surface area contributed by atoms with Gasteiger partial charge in [0.25, 0.3) is 0 Å². The number of nitrogens with one attached hydrogen (secondary N) is 2. The molecule has 2 N–H and O–H groups in total. The molecule has 1 aromatic heterocycles. The molecule has 0 spiro atoms. The molecule has 0 atom stereocenters. The maximum atomic E-state index is 11.8. The van der Waals surface area contributed by atoms with Crippen LogP contribution in [0.2, 0.25) is 0 Å². The number of rotatable bonds is 6. The summed E-state index contributed by atoms with van der Waals surface area (Å²) in [6.07, 6.45) is 3.50. The Morgan fingerprint density at radius 2 is 1.81 bits per heavy atom. The van der Waals surface area contributed by atoms with E-state index in [4.69, 9.17) is 4.42 Å². The number of furan rings is 1. The van der Waals surface area contributed by atoms with Gasteiger partial charge in [-0.3, -0.25) is 9.52 Å². The zero-order valence-electron chi connectivity index (χ0n) is 11.5. The van der Waals surface area contributed by atoms with E-state index in [2.05, 4.69) is 10.0 Å². The number of hydrogen-bond acceptors (Lipinski definition) is 4. The van der Waals surface area contributed by atoms with Gasteiger partial charge in [-0.2, -0.15) is 0 Å². The van der Waals surface area contributed by atoms with Crippen molar-refractivity contribution in [1.82, 2.24) is 0 Å². The van der Waals surface area contributed by atoms with Gasteiger partial charge < -0.3 is 9.73 Å². The number of amides is 1. The van der Waals surface area contributed by atoms with Crippen molar-refractivity contribution in [2.24, 2.45) is 0 Å². The van der Waals surface area contributed by atoms with Crippen LogP contribution in [0.5, 0.6) is 0 Å². The molecule has 6 nitrogen and oxygen atoms in total. The van der Waals surface area contributed by atoms with Gasteiger partial charge in [-0.15, -0.1) is 0 Å². The molecule has 1 aromatic carbocycles. The van der Waals surface area contributed by atoms with Crippen molar-refractivity contribution >= 4 is 27.3 Å². The second kappa shape index (κ2) is 6.45. The van der Waals surface area contributed by atoms with Gasteiger partial charge in [-0.1, -0.05) is 0 Å². The van der Waals surface area contributed by atoms with Crippen LogP contribution in [0.25, 0.3) is 0 Å². The first-order valence-corrected chi connectivity index (χ1v) is 8.21. The SMILES string of the molecule is CS(=O)(=O)Nc1ccc(NC(=O)CCc2ccco2)cc1. The van der Waals surface area contributed by atoms with Gasteiger partial charge in [0.2, 0.25) is 15.9 Å². The van der Waals surface area contributed by atoms with Gasteiger partial charge in [0.15, 0.2) is 0 Å². The Hall–Kier alpha value is -2.28. The highest BCUT2D eigenvalue weighted by atomic mass is 32.2. The molecule has 0 fully saturated rings. The molecule has 1 heterocycles. The maximum Gasteiger partial charge on any atom is 0.229 e. The number of aryl methyl sites for hydroxylation is 1. The molecule has 2 rings (SSSR count). The minimum atomic E-state index is -3.29. The van der Waals surface area contributed by atoms with Crippen molar-refractivity contribution in [1.29, 1.82) is 0 Å². The van der Waals surface area contributed by atoms with Gasteiger partial charge in [0.1, 0.15) is 5.76 Å². The molecule has 1 amide bonds. The minimum Gasteiger partial charge on any atom is -0.469 e. The monoisotopic (exact) mass is 308 g/mol. The summed E-state index contributed by atoms with van der Waals surface area (Å²) in [6, 6.07) is 10.0. The second-order valence-electron chi connectivity index (χ2n) is 4.58. The third kappa shape index (κ3) is 5.31. The van der Waals surface area contributed by atoms with Crippen molar-refractivity contribution in [3.63, 3.8) is 0 Å². The lowest BCUT2D eigenvalue weighted by atomic mass is 10.2. The van der Waals surface area contributed by atoms with Crippen LogP contribution in [-0.4, -0.2) is 20.6 Å². The molecule has 112 valence electrons. The summed E-state index contributed by atoms with van der Waals surface area (Å²) in [4.78, 5) is 11.8.